The van der Waals surface area contributed by atoms with Gasteiger partial charge in [0.05, 0.1) is 12.3 Å². The summed E-state index contributed by atoms with van der Waals surface area (Å²) in [7, 11) is 1.68. The minimum absolute atomic E-state index is 0.378. The van der Waals surface area contributed by atoms with Crippen molar-refractivity contribution >= 4 is 17.3 Å². The Morgan fingerprint density at radius 2 is 2.13 bits per heavy atom. The van der Waals surface area contributed by atoms with E-state index in [0.717, 1.165) is 18.9 Å². The standard InChI is InChI=1S/C10H18N4O/c1-3-14(6-7-15-2)9-5-4-8(11)10(12)13-9/h4-5H,3,6-7,11H2,1-2H3,(H2,12,13). The summed E-state index contributed by atoms with van der Waals surface area (Å²) in [6, 6.07) is 3.64. The maximum atomic E-state index is 5.65. The zero-order chi connectivity index (χ0) is 11.3. The molecule has 1 aromatic rings. The number of nitrogens with zero attached hydrogens (tertiary/aromatic N) is 2. The molecule has 0 saturated heterocycles. The molecule has 0 spiro atoms. The Kier molecular flexibility index (Phi) is 4.17. The fourth-order valence-electron chi connectivity index (χ4n) is 1.29. The molecule has 0 radical (unpaired) electrons. The Labute approximate surface area is 90.0 Å². The molecule has 0 atom stereocenters. The Balaban J connectivity index is 2.78. The molecule has 0 amide bonds. The van der Waals surface area contributed by atoms with E-state index in [9.17, 15) is 0 Å². The smallest absolute Gasteiger partial charge is 0.149 e. The Morgan fingerprint density at radius 3 is 2.67 bits per heavy atom. The maximum absolute atomic E-state index is 5.65. The van der Waals surface area contributed by atoms with E-state index in [2.05, 4.69) is 16.8 Å². The van der Waals surface area contributed by atoms with Crippen LogP contribution in [0.15, 0.2) is 12.1 Å². The summed E-state index contributed by atoms with van der Waals surface area (Å²) < 4.78 is 5.02. The predicted octanol–water partition coefficient (Wildman–Crippen LogP) is 0.719. The van der Waals surface area contributed by atoms with E-state index in [1.165, 1.54) is 0 Å². The second-order valence-corrected chi connectivity index (χ2v) is 3.22. The number of hydrogen-bond donors (Lipinski definition) is 2. The van der Waals surface area contributed by atoms with E-state index in [1.54, 1.807) is 13.2 Å². The summed E-state index contributed by atoms with van der Waals surface area (Å²) in [5.41, 5.74) is 11.8. The van der Waals surface area contributed by atoms with Gasteiger partial charge in [0.25, 0.3) is 0 Å². The van der Waals surface area contributed by atoms with Crippen molar-refractivity contribution in [3.63, 3.8) is 0 Å². The second-order valence-electron chi connectivity index (χ2n) is 3.22. The average molecular weight is 210 g/mol. The van der Waals surface area contributed by atoms with Crippen LogP contribution in [0.3, 0.4) is 0 Å². The summed E-state index contributed by atoms with van der Waals surface area (Å²) in [6.07, 6.45) is 0. The predicted molar refractivity (Wildman–Crippen MR) is 62.8 cm³/mol. The van der Waals surface area contributed by atoms with Gasteiger partial charge in [-0.1, -0.05) is 0 Å². The van der Waals surface area contributed by atoms with Gasteiger partial charge in [0, 0.05) is 20.2 Å². The average Bonchev–Trinajstić information content (AvgIpc) is 2.24. The number of methoxy groups -OCH3 is 1. The van der Waals surface area contributed by atoms with E-state index < -0.39 is 0 Å². The van der Waals surface area contributed by atoms with Gasteiger partial charge in [-0.2, -0.15) is 0 Å². The van der Waals surface area contributed by atoms with Gasteiger partial charge >= 0.3 is 0 Å². The first kappa shape index (κ1) is 11.6. The topological polar surface area (TPSA) is 77.4 Å². The van der Waals surface area contributed by atoms with Crippen molar-refractivity contribution in [2.75, 3.05) is 43.2 Å². The number of nitrogens with two attached hydrogens (primary N) is 2. The molecule has 1 aromatic heterocycles. The molecule has 0 aromatic carbocycles. The molecule has 0 unspecified atom stereocenters. The molecule has 5 heteroatoms. The van der Waals surface area contributed by atoms with Crippen molar-refractivity contribution in [2.24, 2.45) is 0 Å². The van der Waals surface area contributed by atoms with Crippen LogP contribution in [0.5, 0.6) is 0 Å². The fraction of sp³-hybridized carbons (Fsp3) is 0.500. The van der Waals surface area contributed by atoms with Crippen molar-refractivity contribution in [3.05, 3.63) is 12.1 Å². The second kappa shape index (κ2) is 5.41. The number of ether oxygens (including phenoxy) is 1. The number of aromatic nitrogens is 1. The molecule has 5 nitrogen and oxygen atoms in total. The fourth-order valence-corrected chi connectivity index (χ4v) is 1.29. The largest absolute Gasteiger partial charge is 0.396 e. The van der Waals surface area contributed by atoms with E-state index in [-0.39, 0.29) is 0 Å². The minimum atomic E-state index is 0.378. The monoisotopic (exact) mass is 210 g/mol. The van der Waals surface area contributed by atoms with Gasteiger partial charge in [0.15, 0.2) is 0 Å². The number of anilines is 3. The molecule has 0 fully saturated rings. The van der Waals surface area contributed by atoms with Crippen LogP contribution in [0.1, 0.15) is 6.92 Å². The van der Waals surface area contributed by atoms with Crippen LogP contribution in [0.25, 0.3) is 0 Å². The highest BCUT2D eigenvalue weighted by molar-refractivity contribution is 5.62. The lowest BCUT2D eigenvalue weighted by atomic mass is 10.3. The molecule has 0 saturated carbocycles. The van der Waals surface area contributed by atoms with Crippen molar-refractivity contribution in [3.8, 4) is 0 Å². The van der Waals surface area contributed by atoms with Crippen molar-refractivity contribution in [2.45, 2.75) is 6.92 Å². The molecular weight excluding hydrogens is 192 g/mol. The molecule has 0 aliphatic heterocycles. The Morgan fingerprint density at radius 1 is 1.40 bits per heavy atom. The number of rotatable bonds is 5. The third-order valence-electron chi connectivity index (χ3n) is 2.21. The molecule has 15 heavy (non-hydrogen) atoms. The van der Waals surface area contributed by atoms with Crippen LogP contribution < -0.4 is 16.4 Å². The summed E-state index contributed by atoms with van der Waals surface area (Å²) in [6.45, 7) is 4.38. The molecule has 1 heterocycles. The number of nitrogen functional groups attached to an aromatic ring is 2. The number of hydrogen-bond acceptors (Lipinski definition) is 5. The molecule has 0 bridgehead atoms. The van der Waals surface area contributed by atoms with Gasteiger partial charge in [0.1, 0.15) is 11.6 Å². The lowest BCUT2D eigenvalue weighted by Gasteiger charge is -2.21. The summed E-state index contributed by atoms with van der Waals surface area (Å²) in [4.78, 5) is 6.30. The lowest BCUT2D eigenvalue weighted by Crippen LogP contribution is -2.27. The zero-order valence-corrected chi connectivity index (χ0v) is 9.23. The van der Waals surface area contributed by atoms with Crippen molar-refractivity contribution in [1.29, 1.82) is 0 Å². The maximum Gasteiger partial charge on any atom is 0.149 e. The molecule has 0 aliphatic rings. The van der Waals surface area contributed by atoms with Crippen LogP contribution >= 0.6 is 0 Å². The highest BCUT2D eigenvalue weighted by atomic mass is 16.5. The van der Waals surface area contributed by atoms with Gasteiger partial charge in [0.2, 0.25) is 0 Å². The van der Waals surface area contributed by atoms with Gasteiger partial charge in [-0.15, -0.1) is 0 Å². The first-order chi connectivity index (χ1) is 7.19. The molecule has 1 rings (SSSR count). The summed E-state index contributed by atoms with van der Waals surface area (Å²) in [5, 5.41) is 0. The number of likely N-dealkylation sites (N-methyl/N-ethyl adjacent to an activating group) is 1. The van der Waals surface area contributed by atoms with E-state index in [4.69, 9.17) is 16.2 Å². The molecule has 4 N–H and O–H groups in total. The van der Waals surface area contributed by atoms with Crippen LogP contribution in [-0.4, -0.2) is 31.8 Å². The van der Waals surface area contributed by atoms with E-state index in [0.29, 0.717) is 18.1 Å². The summed E-state index contributed by atoms with van der Waals surface area (Å²) in [5.74, 6) is 1.21. The first-order valence-electron chi connectivity index (χ1n) is 4.95. The molecule has 84 valence electrons. The van der Waals surface area contributed by atoms with Crippen molar-refractivity contribution in [1.82, 2.24) is 4.98 Å². The van der Waals surface area contributed by atoms with Crippen molar-refractivity contribution < 1.29 is 4.74 Å². The third kappa shape index (κ3) is 2.99. The van der Waals surface area contributed by atoms with E-state index in [1.807, 2.05) is 6.07 Å². The van der Waals surface area contributed by atoms with Crippen LogP contribution in [-0.2, 0) is 4.74 Å². The van der Waals surface area contributed by atoms with Crippen LogP contribution in [0.4, 0.5) is 17.3 Å². The van der Waals surface area contributed by atoms with Gasteiger partial charge in [-0.05, 0) is 19.1 Å². The Bertz CT molecular complexity index is 316. The lowest BCUT2D eigenvalue weighted by molar-refractivity contribution is 0.205. The van der Waals surface area contributed by atoms with Crippen LogP contribution in [0.2, 0.25) is 0 Å². The number of pyridine rings is 1. The normalized spacial score (nSPS) is 10.3. The highest BCUT2D eigenvalue weighted by Gasteiger charge is 2.06. The molecule has 0 aliphatic carbocycles. The first-order valence-corrected chi connectivity index (χ1v) is 4.95. The van der Waals surface area contributed by atoms with E-state index >= 15 is 0 Å². The van der Waals surface area contributed by atoms with Gasteiger partial charge in [-0.3, -0.25) is 0 Å². The Hall–Kier alpha value is -1.49. The summed E-state index contributed by atoms with van der Waals surface area (Å²) >= 11 is 0. The molecular formula is C10H18N4O. The third-order valence-corrected chi connectivity index (χ3v) is 2.21. The SMILES string of the molecule is CCN(CCOC)c1ccc(N)c(N)n1. The van der Waals surface area contributed by atoms with Crippen LogP contribution in [0, 0.1) is 0 Å². The highest BCUT2D eigenvalue weighted by Crippen LogP contribution is 2.17. The minimum Gasteiger partial charge on any atom is -0.396 e. The van der Waals surface area contributed by atoms with Gasteiger partial charge in [-0.25, -0.2) is 4.98 Å². The quantitative estimate of drug-likeness (QED) is 0.748. The zero-order valence-electron chi connectivity index (χ0n) is 9.23. The van der Waals surface area contributed by atoms with Gasteiger partial charge < -0.3 is 21.1 Å².